The van der Waals surface area contributed by atoms with Crippen molar-refractivity contribution in [2.24, 2.45) is 0 Å². The van der Waals surface area contributed by atoms with Gasteiger partial charge < -0.3 is 0 Å². The molecule has 2 aromatic carbocycles. The van der Waals surface area contributed by atoms with Crippen LogP contribution >= 0.6 is 0 Å². The van der Waals surface area contributed by atoms with Gasteiger partial charge in [0, 0.05) is 5.92 Å². The summed E-state index contributed by atoms with van der Waals surface area (Å²) in [7, 11) is 0. The Morgan fingerprint density at radius 3 is 1.83 bits per heavy atom. The molecule has 0 spiro atoms. The normalized spacial score (nSPS) is 13.8. The summed E-state index contributed by atoms with van der Waals surface area (Å²) in [5.74, 6) is 0.893. The van der Waals surface area contributed by atoms with Gasteiger partial charge in [-0.2, -0.15) is 0 Å². The van der Waals surface area contributed by atoms with Crippen molar-refractivity contribution in [1.82, 2.24) is 0 Å². The third-order valence-corrected chi connectivity index (χ3v) is 3.54. The lowest BCUT2D eigenvalue weighted by atomic mass is 9.80. The van der Waals surface area contributed by atoms with E-state index in [4.69, 9.17) is 0 Å². The summed E-state index contributed by atoms with van der Waals surface area (Å²) in [5.41, 5.74) is 2.75. The van der Waals surface area contributed by atoms with Crippen LogP contribution < -0.4 is 0 Å². The highest BCUT2D eigenvalue weighted by Crippen LogP contribution is 2.36. The highest BCUT2D eigenvalue weighted by atomic mass is 14.2. The van der Waals surface area contributed by atoms with Crippen LogP contribution in [-0.4, -0.2) is 0 Å². The minimum Gasteiger partial charge on any atom is -0.102 e. The zero-order chi connectivity index (χ0) is 12.8. The van der Waals surface area contributed by atoms with Gasteiger partial charge in [-0.3, -0.25) is 0 Å². The van der Waals surface area contributed by atoms with Crippen LogP contribution in [0.5, 0.6) is 0 Å². The van der Waals surface area contributed by atoms with E-state index in [1.54, 1.807) is 0 Å². The van der Waals surface area contributed by atoms with E-state index < -0.39 is 0 Å². The van der Waals surface area contributed by atoms with E-state index in [0.717, 1.165) is 6.42 Å². The molecule has 0 nitrogen and oxygen atoms in total. The topological polar surface area (TPSA) is 0 Å². The van der Waals surface area contributed by atoms with Crippen molar-refractivity contribution in [2.45, 2.75) is 25.2 Å². The Morgan fingerprint density at radius 2 is 1.39 bits per heavy atom. The highest BCUT2D eigenvalue weighted by Gasteiger charge is 2.20. The molecule has 0 N–H and O–H groups in total. The first kappa shape index (κ1) is 12.6. The summed E-state index contributed by atoms with van der Waals surface area (Å²) >= 11 is 0. The van der Waals surface area contributed by atoms with Gasteiger partial charge in [-0.25, -0.2) is 0 Å². The summed E-state index contributed by atoms with van der Waals surface area (Å²) in [5, 5.41) is 0. The third kappa shape index (κ3) is 2.70. The Bertz CT molecular complexity index is 470. The van der Waals surface area contributed by atoms with Gasteiger partial charge in [0.2, 0.25) is 0 Å². The summed E-state index contributed by atoms with van der Waals surface area (Å²) in [4.78, 5) is 0. The van der Waals surface area contributed by atoms with Gasteiger partial charge in [-0.05, 0) is 23.5 Å². The molecule has 0 heteroatoms. The molecule has 0 amide bonds. The Labute approximate surface area is 110 Å². The molecule has 0 aliphatic heterocycles. The van der Waals surface area contributed by atoms with Gasteiger partial charge in [0.1, 0.15) is 0 Å². The van der Waals surface area contributed by atoms with Crippen LogP contribution in [0.3, 0.4) is 0 Å². The van der Waals surface area contributed by atoms with Crippen molar-refractivity contribution >= 4 is 0 Å². The lowest BCUT2D eigenvalue weighted by Crippen LogP contribution is -2.08. The predicted octanol–water partition coefficient (Wildman–Crippen LogP) is 5.15. The molecule has 0 heterocycles. The summed E-state index contributed by atoms with van der Waals surface area (Å²) in [6, 6.07) is 21.4. The Morgan fingerprint density at radius 1 is 0.889 bits per heavy atom. The molecule has 2 unspecified atom stereocenters. The lowest BCUT2D eigenvalue weighted by molar-refractivity contribution is 0.600. The van der Waals surface area contributed by atoms with E-state index in [0.29, 0.717) is 11.8 Å². The summed E-state index contributed by atoms with van der Waals surface area (Å²) < 4.78 is 0. The second kappa shape index (κ2) is 6.20. The number of allylic oxidation sites excluding steroid dienone is 1. The first-order valence-corrected chi connectivity index (χ1v) is 6.59. The van der Waals surface area contributed by atoms with Gasteiger partial charge in [0.05, 0.1) is 0 Å². The first-order chi connectivity index (χ1) is 8.86. The average Bonchev–Trinajstić information content (AvgIpc) is 2.46. The van der Waals surface area contributed by atoms with Crippen LogP contribution in [0.15, 0.2) is 73.3 Å². The number of hydrogen-bond acceptors (Lipinski definition) is 0. The van der Waals surface area contributed by atoms with E-state index in [-0.39, 0.29) is 0 Å². The molecule has 2 atom stereocenters. The van der Waals surface area contributed by atoms with Crippen LogP contribution in [0.4, 0.5) is 0 Å². The summed E-state index contributed by atoms with van der Waals surface area (Å²) in [6.45, 7) is 6.28. The maximum Gasteiger partial charge on any atom is 0.00839 e. The van der Waals surface area contributed by atoms with Gasteiger partial charge in [0.25, 0.3) is 0 Å². The second-order valence-corrected chi connectivity index (χ2v) is 4.60. The Balaban J connectivity index is 2.34. The van der Waals surface area contributed by atoms with Gasteiger partial charge in [-0.15, -0.1) is 6.58 Å². The van der Waals surface area contributed by atoms with Crippen molar-refractivity contribution in [2.75, 3.05) is 0 Å². The SMILES string of the molecule is C=CC(c1ccccc1)C(CC)c1ccccc1. The monoisotopic (exact) mass is 236 g/mol. The lowest BCUT2D eigenvalue weighted by Gasteiger charge is -2.24. The molecule has 0 radical (unpaired) electrons. The van der Waals surface area contributed by atoms with E-state index in [1.165, 1.54) is 11.1 Å². The molecule has 0 aliphatic carbocycles. The fraction of sp³-hybridized carbons (Fsp3) is 0.222. The smallest absolute Gasteiger partial charge is 0.00839 e. The molecule has 0 aromatic heterocycles. The molecule has 2 aromatic rings. The Kier molecular flexibility index (Phi) is 4.35. The molecule has 92 valence electrons. The van der Waals surface area contributed by atoms with Crippen LogP contribution in [0.2, 0.25) is 0 Å². The van der Waals surface area contributed by atoms with E-state index in [2.05, 4.69) is 80.2 Å². The zero-order valence-electron chi connectivity index (χ0n) is 10.9. The number of hydrogen-bond donors (Lipinski definition) is 0. The third-order valence-electron chi connectivity index (χ3n) is 3.54. The molecule has 0 aliphatic rings. The maximum absolute atomic E-state index is 4.03. The quantitative estimate of drug-likeness (QED) is 0.630. The van der Waals surface area contributed by atoms with Crippen LogP contribution in [0, 0.1) is 0 Å². The summed E-state index contributed by atoms with van der Waals surface area (Å²) in [6.07, 6.45) is 3.20. The first-order valence-electron chi connectivity index (χ1n) is 6.59. The van der Waals surface area contributed by atoms with Gasteiger partial charge in [0.15, 0.2) is 0 Å². The van der Waals surface area contributed by atoms with Crippen LogP contribution in [0.1, 0.15) is 36.3 Å². The minimum absolute atomic E-state index is 0.388. The van der Waals surface area contributed by atoms with Gasteiger partial charge in [-0.1, -0.05) is 73.7 Å². The standard InChI is InChI=1S/C18H20/c1-3-17(15-11-7-5-8-12-15)18(4-2)16-13-9-6-10-14-16/h3,5-14,17-18H,1,4H2,2H3. The number of rotatable bonds is 5. The van der Waals surface area contributed by atoms with E-state index in [1.807, 2.05) is 0 Å². The van der Waals surface area contributed by atoms with Crippen LogP contribution in [-0.2, 0) is 0 Å². The highest BCUT2D eigenvalue weighted by molar-refractivity contribution is 5.31. The fourth-order valence-electron chi connectivity index (χ4n) is 2.61. The molecule has 2 rings (SSSR count). The van der Waals surface area contributed by atoms with E-state index in [9.17, 15) is 0 Å². The van der Waals surface area contributed by atoms with Crippen molar-refractivity contribution in [3.63, 3.8) is 0 Å². The Hall–Kier alpha value is -1.82. The van der Waals surface area contributed by atoms with Crippen molar-refractivity contribution in [3.05, 3.63) is 84.4 Å². The number of benzene rings is 2. The minimum atomic E-state index is 0.388. The van der Waals surface area contributed by atoms with Gasteiger partial charge >= 0.3 is 0 Å². The van der Waals surface area contributed by atoms with E-state index >= 15 is 0 Å². The molecular formula is C18H20. The molecular weight excluding hydrogens is 216 g/mol. The molecule has 0 saturated carbocycles. The molecule has 0 saturated heterocycles. The largest absolute Gasteiger partial charge is 0.102 e. The van der Waals surface area contributed by atoms with Crippen LogP contribution in [0.25, 0.3) is 0 Å². The fourth-order valence-corrected chi connectivity index (χ4v) is 2.61. The second-order valence-electron chi connectivity index (χ2n) is 4.60. The zero-order valence-corrected chi connectivity index (χ0v) is 10.9. The molecule has 18 heavy (non-hydrogen) atoms. The van der Waals surface area contributed by atoms with Crippen molar-refractivity contribution in [1.29, 1.82) is 0 Å². The molecule has 0 fully saturated rings. The van der Waals surface area contributed by atoms with Crippen molar-refractivity contribution in [3.8, 4) is 0 Å². The van der Waals surface area contributed by atoms with Crippen molar-refractivity contribution < 1.29 is 0 Å². The average molecular weight is 236 g/mol. The maximum atomic E-state index is 4.03. The molecule has 0 bridgehead atoms. The predicted molar refractivity (Wildman–Crippen MR) is 78.9 cm³/mol.